The number of carbonyl (C=O) groups is 1. The van der Waals surface area contributed by atoms with Crippen molar-refractivity contribution in [1.29, 1.82) is 0 Å². The van der Waals surface area contributed by atoms with E-state index in [9.17, 15) is 4.79 Å². The first-order valence-electron chi connectivity index (χ1n) is 9.61. The average molecular weight is 352 g/mol. The van der Waals surface area contributed by atoms with Crippen LogP contribution in [0.5, 0.6) is 0 Å². The van der Waals surface area contributed by atoms with Crippen LogP contribution in [0, 0.1) is 0 Å². The molecule has 0 spiro atoms. The van der Waals surface area contributed by atoms with Gasteiger partial charge in [0, 0.05) is 5.92 Å². The van der Waals surface area contributed by atoms with Crippen molar-refractivity contribution >= 4 is 5.97 Å². The van der Waals surface area contributed by atoms with Crippen LogP contribution in [0.1, 0.15) is 62.7 Å². The summed E-state index contributed by atoms with van der Waals surface area (Å²) in [7, 11) is 0. The molecule has 1 fully saturated rings. The molecule has 26 heavy (non-hydrogen) atoms. The standard InChI is InChI=1S/C23H28O3/c1-17(2)25-22(19-13-7-4-8-14-19)23(24)26-21-16-10-9-15-20(21)18-11-5-3-6-12-18/h3-8,11-14,17,20-22H,9-10,15-16H2,1-2H3/t20-,21+,22-/m1/s1. The number of benzene rings is 2. The summed E-state index contributed by atoms with van der Waals surface area (Å²) in [6.07, 6.45) is 3.44. The molecule has 0 unspecified atom stereocenters. The lowest BCUT2D eigenvalue weighted by Gasteiger charge is -2.33. The van der Waals surface area contributed by atoms with Gasteiger partial charge in [0.2, 0.25) is 0 Å². The Hall–Kier alpha value is -2.13. The highest BCUT2D eigenvalue weighted by atomic mass is 16.6. The van der Waals surface area contributed by atoms with Crippen molar-refractivity contribution in [1.82, 2.24) is 0 Å². The minimum Gasteiger partial charge on any atom is -0.460 e. The number of hydrogen-bond donors (Lipinski definition) is 0. The van der Waals surface area contributed by atoms with Crippen molar-refractivity contribution in [3.05, 3.63) is 71.8 Å². The van der Waals surface area contributed by atoms with Gasteiger partial charge in [0.25, 0.3) is 0 Å². The summed E-state index contributed by atoms with van der Waals surface area (Å²) in [5, 5.41) is 0. The van der Waals surface area contributed by atoms with Gasteiger partial charge in [-0.1, -0.05) is 67.1 Å². The lowest BCUT2D eigenvalue weighted by molar-refractivity contribution is -0.168. The van der Waals surface area contributed by atoms with E-state index in [2.05, 4.69) is 24.3 Å². The molecule has 0 amide bonds. The normalized spacial score (nSPS) is 21.3. The SMILES string of the molecule is CC(C)O[C@@H](C(=O)O[C@H]1CCCC[C@@H]1c1ccccc1)c1ccccc1. The van der Waals surface area contributed by atoms with Crippen LogP contribution >= 0.6 is 0 Å². The predicted molar refractivity (Wildman–Crippen MR) is 103 cm³/mol. The van der Waals surface area contributed by atoms with E-state index < -0.39 is 6.10 Å². The third kappa shape index (κ3) is 4.73. The molecule has 1 aliphatic carbocycles. The summed E-state index contributed by atoms with van der Waals surface area (Å²) in [5.74, 6) is -0.0119. The van der Waals surface area contributed by atoms with Gasteiger partial charge in [-0.3, -0.25) is 0 Å². The summed E-state index contributed by atoms with van der Waals surface area (Å²) in [6, 6.07) is 20.0. The molecule has 0 N–H and O–H groups in total. The highest BCUT2D eigenvalue weighted by molar-refractivity contribution is 5.76. The molecule has 0 radical (unpaired) electrons. The van der Waals surface area contributed by atoms with Gasteiger partial charge >= 0.3 is 5.97 Å². The fraction of sp³-hybridized carbons (Fsp3) is 0.435. The second-order valence-electron chi connectivity index (χ2n) is 7.25. The van der Waals surface area contributed by atoms with E-state index >= 15 is 0 Å². The molecule has 3 heteroatoms. The van der Waals surface area contributed by atoms with Crippen molar-refractivity contribution < 1.29 is 14.3 Å². The van der Waals surface area contributed by atoms with Crippen LogP contribution in [-0.2, 0) is 14.3 Å². The summed E-state index contributed by atoms with van der Waals surface area (Å²) >= 11 is 0. The third-order valence-electron chi connectivity index (χ3n) is 4.92. The average Bonchev–Trinajstić information content (AvgIpc) is 2.68. The molecule has 0 saturated heterocycles. The maximum atomic E-state index is 13.0. The first kappa shape index (κ1) is 18.7. The first-order chi connectivity index (χ1) is 12.6. The van der Waals surface area contributed by atoms with Crippen LogP contribution in [0.15, 0.2) is 60.7 Å². The maximum Gasteiger partial charge on any atom is 0.340 e. The molecular weight excluding hydrogens is 324 g/mol. The number of esters is 1. The fourth-order valence-corrected chi connectivity index (χ4v) is 3.70. The van der Waals surface area contributed by atoms with Gasteiger partial charge in [0.05, 0.1) is 6.10 Å². The highest BCUT2D eigenvalue weighted by Gasteiger charge is 2.33. The number of hydrogen-bond acceptors (Lipinski definition) is 3. The second-order valence-corrected chi connectivity index (χ2v) is 7.25. The largest absolute Gasteiger partial charge is 0.460 e. The predicted octanol–water partition coefficient (Wildman–Crippen LogP) is 5.42. The van der Waals surface area contributed by atoms with Crippen molar-refractivity contribution in [2.24, 2.45) is 0 Å². The van der Waals surface area contributed by atoms with Crippen LogP contribution in [0.4, 0.5) is 0 Å². The molecule has 0 bridgehead atoms. The first-order valence-corrected chi connectivity index (χ1v) is 9.61. The van der Waals surface area contributed by atoms with Crippen LogP contribution in [0.25, 0.3) is 0 Å². The van der Waals surface area contributed by atoms with Crippen LogP contribution in [0.2, 0.25) is 0 Å². The van der Waals surface area contributed by atoms with E-state index in [4.69, 9.17) is 9.47 Å². The fourth-order valence-electron chi connectivity index (χ4n) is 3.70. The number of carbonyl (C=O) groups excluding carboxylic acids is 1. The molecular formula is C23H28O3. The molecule has 3 atom stereocenters. The van der Waals surface area contributed by atoms with Gasteiger partial charge in [-0.2, -0.15) is 0 Å². The van der Waals surface area contributed by atoms with Gasteiger partial charge in [-0.15, -0.1) is 0 Å². The van der Waals surface area contributed by atoms with Crippen molar-refractivity contribution in [3.8, 4) is 0 Å². The molecule has 138 valence electrons. The molecule has 3 nitrogen and oxygen atoms in total. The lowest BCUT2D eigenvalue weighted by Crippen LogP contribution is -2.32. The van der Waals surface area contributed by atoms with Gasteiger partial charge in [-0.05, 0) is 44.2 Å². The van der Waals surface area contributed by atoms with Crippen LogP contribution in [0.3, 0.4) is 0 Å². The quantitative estimate of drug-likeness (QED) is 0.651. The Labute approximate surface area is 156 Å². The van der Waals surface area contributed by atoms with E-state index in [0.29, 0.717) is 0 Å². The summed E-state index contributed by atoms with van der Waals surface area (Å²) in [6.45, 7) is 3.88. The monoisotopic (exact) mass is 352 g/mol. The minimum atomic E-state index is -0.672. The Morgan fingerprint density at radius 2 is 1.54 bits per heavy atom. The Bertz CT molecular complexity index is 681. The van der Waals surface area contributed by atoms with Gasteiger partial charge in [-0.25, -0.2) is 4.79 Å². The van der Waals surface area contributed by atoms with E-state index in [1.165, 1.54) is 12.0 Å². The van der Waals surface area contributed by atoms with Gasteiger partial charge < -0.3 is 9.47 Å². The molecule has 0 aliphatic heterocycles. The van der Waals surface area contributed by atoms with Crippen LogP contribution in [-0.4, -0.2) is 18.2 Å². The smallest absolute Gasteiger partial charge is 0.340 e. The van der Waals surface area contributed by atoms with E-state index in [0.717, 1.165) is 24.8 Å². The number of ether oxygens (including phenoxy) is 2. The number of rotatable bonds is 6. The van der Waals surface area contributed by atoms with E-state index in [1.54, 1.807) is 0 Å². The zero-order valence-corrected chi connectivity index (χ0v) is 15.6. The van der Waals surface area contributed by atoms with Gasteiger partial charge in [0.1, 0.15) is 6.10 Å². The Morgan fingerprint density at radius 3 is 2.19 bits per heavy atom. The summed E-state index contributed by atoms with van der Waals surface area (Å²) in [4.78, 5) is 13.0. The summed E-state index contributed by atoms with van der Waals surface area (Å²) in [5.41, 5.74) is 2.10. The van der Waals surface area contributed by atoms with Crippen molar-refractivity contribution in [2.75, 3.05) is 0 Å². The molecule has 1 aliphatic rings. The summed E-state index contributed by atoms with van der Waals surface area (Å²) < 4.78 is 11.9. The Balaban J connectivity index is 1.76. The van der Waals surface area contributed by atoms with Gasteiger partial charge in [0.15, 0.2) is 6.10 Å². The van der Waals surface area contributed by atoms with E-state index in [1.807, 2.05) is 50.2 Å². The topological polar surface area (TPSA) is 35.5 Å². The molecule has 1 saturated carbocycles. The molecule has 2 aromatic carbocycles. The lowest BCUT2D eigenvalue weighted by atomic mass is 9.81. The highest BCUT2D eigenvalue weighted by Crippen LogP contribution is 2.36. The van der Waals surface area contributed by atoms with Crippen molar-refractivity contribution in [3.63, 3.8) is 0 Å². The zero-order valence-electron chi connectivity index (χ0n) is 15.6. The Morgan fingerprint density at radius 1 is 0.923 bits per heavy atom. The van der Waals surface area contributed by atoms with Crippen molar-refractivity contribution in [2.45, 2.75) is 63.8 Å². The third-order valence-corrected chi connectivity index (χ3v) is 4.92. The molecule has 0 aromatic heterocycles. The zero-order chi connectivity index (χ0) is 18.4. The molecule has 3 rings (SSSR count). The Kier molecular flexibility index (Phi) is 6.45. The maximum absolute atomic E-state index is 13.0. The minimum absolute atomic E-state index is 0.0518. The second kappa shape index (κ2) is 9.00. The molecule has 0 heterocycles. The van der Waals surface area contributed by atoms with Crippen LogP contribution < -0.4 is 0 Å². The van der Waals surface area contributed by atoms with E-state index in [-0.39, 0.29) is 24.1 Å². The molecule has 2 aromatic rings.